The highest BCUT2D eigenvalue weighted by Crippen LogP contribution is 2.31. The van der Waals surface area contributed by atoms with Crippen molar-refractivity contribution in [2.75, 3.05) is 0 Å². The fraction of sp³-hybridized carbons (Fsp3) is 0.0909. The Hall–Kier alpha value is -1.96. The molecule has 0 spiro atoms. The summed E-state index contributed by atoms with van der Waals surface area (Å²) in [5, 5.41) is 0. The zero-order chi connectivity index (χ0) is 14.1. The first-order valence-electron chi connectivity index (χ1n) is 5.01. The van der Waals surface area contributed by atoms with Gasteiger partial charge in [0.2, 0.25) is 0 Å². The van der Waals surface area contributed by atoms with E-state index >= 15 is 0 Å². The third-order valence-electron chi connectivity index (χ3n) is 2.27. The Bertz CT molecular complexity index is 685. The lowest BCUT2D eigenvalue weighted by molar-refractivity contribution is -0.0435. The molecule has 0 N–H and O–H groups in total. The van der Waals surface area contributed by atoms with Crippen LogP contribution in [-0.2, 0) is 9.84 Å². The standard InChI is InChI=1S/C11H7F3N2O2S/c12-11(13,14)19(17,18)9-4-1-3-8(7-9)10-15-5-2-6-16-10/h1-7H. The lowest BCUT2D eigenvalue weighted by Gasteiger charge is -2.08. The number of halogens is 3. The van der Waals surface area contributed by atoms with Gasteiger partial charge in [-0.05, 0) is 18.2 Å². The first kappa shape index (κ1) is 13.5. The quantitative estimate of drug-likeness (QED) is 0.851. The normalized spacial score (nSPS) is 12.4. The predicted molar refractivity (Wildman–Crippen MR) is 60.7 cm³/mol. The van der Waals surface area contributed by atoms with Gasteiger partial charge in [-0.1, -0.05) is 12.1 Å². The summed E-state index contributed by atoms with van der Waals surface area (Å²) in [5.41, 5.74) is -5.13. The number of nitrogens with zero attached hydrogens (tertiary/aromatic N) is 2. The Morgan fingerprint density at radius 3 is 2.21 bits per heavy atom. The number of hydrogen-bond donors (Lipinski definition) is 0. The smallest absolute Gasteiger partial charge is 0.237 e. The van der Waals surface area contributed by atoms with Crippen LogP contribution < -0.4 is 0 Å². The zero-order valence-corrected chi connectivity index (χ0v) is 10.1. The van der Waals surface area contributed by atoms with Gasteiger partial charge in [0.15, 0.2) is 5.82 Å². The minimum Gasteiger partial charge on any atom is -0.237 e. The van der Waals surface area contributed by atoms with Gasteiger partial charge in [0.05, 0.1) is 4.90 Å². The molecule has 0 saturated carbocycles. The first-order valence-corrected chi connectivity index (χ1v) is 6.49. The molecule has 2 aromatic rings. The van der Waals surface area contributed by atoms with E-state index in [2.05, 4.69) is 9.97 Å². The van der Waals surface area contributed by atoms with Crippen molar-refractivity contribution in [3.8, 4) is 11.4 Å². The lowest BCUT2D eigenvalue weighted by Crippen LogP contribution is -2.23. The van der Waals surface area contributed by atoms with Crippen LogP contribution in [0.25, 0.3) is 11.4 Å². The third kappa shape index (κ3) is 2.58. The fourth-order valence-corrected chi connectivity index (χ4v) is 2.19. The van der Waals surface area contributed by atoms with Crippen molar-refractivity contribution >= 4 is 9.84 Å². The fourth-order valence-electron chi connectivity index (χ4n) is 1.38. The highest BCUT2D eigenvalue weighted by Gasteiger charge is 2.46. The van der Waals surface area contributed by atoms with E-state index in [-0.39, 0.29) is 11.4 Å². The Labute approximate surface area is 106 Å². The summed E-state index contributed by atoms with van der Waals surface area (Å²) < 4.78 is 59.8. The summed E-state index contributed by atoms with van der Waals surface area (Å²) in [6.07, 6.45) is 2.82. The van der Waals surface area contributed by atoms with E-state index in [1.807, 2.05) is 0 Å². The zero-order valence-electron chi connectivity index (χ0n) is 9.29. The molecule has 0 fully saturated rings. The molecule has 1 aromatic carbocycles. The maximum atomic E-state index is 12.4. The van der Waals surface area contributed by atoms with Gasteiger partial charge in [-0.3, -0.25) is 0 Å². The molecule has 0 unspecified atom stereocenters. The second kappa shape index (κ2) is 4.61. The number of benzene rings is 1. The van der Waals surface area contributed by atoms with E-state index in [0.717, 1.165) is 12.1 Å². The molecule has 4 nitrogen and oxygen atoms in total. The van der Waals surface area contributed by atoms with Gasteiger partial charge in [0, 0.05) is 18.0 Å². The molecule has 0 aliphatic carbocycles. The van der Waals surface area contributed by atoms with Crippen LogP contribution in [0.4, 0.5) is 13.2 Å². The molecular weight excluding hydrogens is 281 g/mol. The van der Waals surface area contributed by atoms with E-state index < -0.39 is 20.2 Å². The Morgan fingerprint density at radius 1 is 1.00 bits per heavy atom. The highest BCUT2D eigenvalue weighted by molar-refractivity contribution is 7.92. The van der Waals surface area contributed by atoms with Crippen molar-refractivity contribution < 1.29 is 21.6 Å². The van der Waals surface area contributed by atoms with Crippen LogP contribution in [-0.4, -0.2) is 23.9 Å². The van der Waals surface area contributed by atoms with Crippen LogP contribution >= 0.6 is 0 Å². The van der Waals surface area contributed by atoms with Gasteiger partial charge < -0.3 is 0 Å². The average Bonchev–Trinajstić information content (AvgIpc) is 2.39. The monoisotopic (exact) mass is 288 g/mol. The SMILES string of the molecule is O=S(=O)(c1cccc(-c2ncccn2)c1)C(F)(F)F. The summed E-state index contributed by atoms with van der Waals surface area (Å²) >= 11 is 0. The average molecular weight is 288 g/mol. The van der Waals surface area contributed by atoms with E-state index in [1.165, 1.54) is 24.5 Å². The van der Waals surface area contributed by atoms with Gasteiger partial charge in [-0.2, -0.15) is 13.2 Å². The van der Waals surface area contributed by atoms with Crippen LogP contribution in [0.1, 0.15) is 0 Å². The van der Waals surface area contributed by atoms with Crippen LogP contribution in [0.3, 0.4) is 0 Å². The highest BCUT2D eigenvalue weighted by atomic mass is 32.2. The number of alkyl halides is 3. The Morgan fingerprint density at radius 2 is 1.63 bits per heavy atom. The van der Waals surface area contributed by atoms with Gasteiger partial charge in [0.25, 0.3) is 9.84 Å². The Balaban J connectivity index is 2.53. The summed E-state index contributed by atoms with van der Waals surface area (Å²) in [5.74, 6) is 0.154. The Kier molecular flexibility index (Phi) is 3.27. The van der Waals surface area contributed by atoms with Crippen molar-refractivity contribution in [2.45, 2.75) is 10.4 Å². The molecule has 8 heteroatoms. The molecule has 0 atom stereocenters. The van der Waals surface area contributed by atoms with Gasteiger partial charge in [0.1, 0.15) is 0 Å². The summed E-state index contributed by atoms with van der Waals surface area (Å²) in [4.78, 5) is 6.87. The van der Waals surface area contributed by atoms with Crippen LogP contribution in [0, 0.1) is 0 Å². The molecule has 0 aliphatic heterocycles. The van der Waals surface area contributed by atoms with Crippen molar-refractivity contribution in [1.82, 2.24) is 9.97 Å². The van der Waals surface area contributed by atoms with Crippen molar-refractivity contribution in [3.05, 3.63) is 42.7 Å². The van der Waals surface area contributed by atoms with Crippen molar-refractivity contribution in [1.29, 1.82) is 0 Å². The van der Waals surface area contributed by atoms with Crippen LogP contribution in [0.5, 0.6) is 0 Å². The number of hydrogen-bond acceptors (Lipinski definition) is 4. The lowest BCUT2D eigenvalue weighted by atomic mass is 10.2. The van der Waals surface area contributed by atoms with E-state index in [0.29, 0.717) is 0 Å². The molecule has 0 aliphatic rings. The molecule has 0 radical (unpaired) electrons. The topological polar surface area (TPSA) is 59.9 Å². The first-order chi connectivity index (χ1) is 8.82. The largest absolute Gasteiger partial charge is 0.501 e. The van der Waals surface area contributed by atoms with E-state index in [1.54, 1.807) is 6.07 Å². The molecule has 19 heavy (non-hydrogen) atoms. The van der Waals surface area contributed by atoms with Gasteiger partial charge >= 0.3 is 5.51 Å². The molecule has 0 amide bonds. The molecule has 2 rings (SSSR count). The maximum absolute atomic E-state index is 12.4. The molecule has 1 aromatic heterocycles. The molecule has 1 heterocycles. The van der Waals surface area contributed by atoms with Gasteiger partial charge in [-0.25, -0.2) is 18.4 Å². The molecule has 0 bridgehead atoms. The minimum atomic E-state index is -5.36. The van der Waals surface area contributed by atoms with Crippen LogP contribution in [0.2, 0.25) is 0 Å². The second-order valence-corrected chi connectivity index (χ2v) is 5.49. The minimum absolute atomic E-state index is 0.154. The number of sulfone groups is 1. The predicted octanol–water partition coefficient (Wildman–Crippen LogP) is 2.44. The van der Waals surface area contributed by atoms with Crippen molar-refractivity contribution in [2.24, 2.45) is 0 Å². The summed E-state index contributed by atoms with van der Waals surface area (Å²) in [7, 11) is -5.36. The van der Waals surface area contributed by atoms with Crippen molar-refractivity contribution in [3.63, 3.8) is 0 Å². The van der Waals surface area contributed by atoms with Gasteiger partial charge in [-0.15, -0.1) is 0 Å². The second-order valence-electron chi connectivity index (χ2n) is 3.55. The van der Waals surface area contributed by atoms with Crippen LogP contribution in [0.15, 0.2) is 47.6 Å². The number of rotatable bonds is 2. The maximum Gasteiger partial charge on any atom is 0.501 e. The molecule has 100 valence electrons. The molecular formula is C11H7F3N2O2S. The summed E-state index contributed by atoms with van der Waals surface area (Å²) in [6.45, 7) is 0. The van der Waals surface area contributed by atoms with E-state index in [4.69, 9.17) is 0 Å². The summed E-state index contributed by atoms with van der Waals surface area (Å²) in [6, 6.07) is 5.97. The van der Waals surface area contributed by atoms with E-state index in [9.17, 15) is 21.6 Å². The number of aromatic nitrogens is 2. The third-order valence-corrected chi connectivity index (χ3v) is 3.76. The molecule has 0 saturated heterocycles.